The van der Waals surface area contributed by atoms with Gasteiger partial charge in [-0.3, -0.25) is 4.98 Å². The Morgan fingerprint density at radius 3 is 1.65 bits per heavy atom. The van der Waals surface area contributed by atoms with Crippen molar-refractivity contribution < 1.29 is 0 Å². The van der Waals surface area contributed by atoms with E-state index in [4.69, 9.17) is 19.9 Å². The first kappa shape index (κ1) is 35.5. The Hall–Kier alpha value is -6.33. The lowest BCUT2D eigenvalue weighted by Crippen LogP contribution is -2.00. The SMILES string of the molecule is C/C=C\C(=C/CC)c1cc(C)cc(-c2ccc(-c3cc(-c4ccccn4)cc(-c4nc(-c5ccccc5)nc(-c5ccccc5)n4)c3)cc2)n1.CC. The largest absolute Gasteiger partial charge is 0.256 e. The molecule has 0 aliphatic rings. The number of aryl methyl sites for hydroxylation is 1. The topological polar surface area (TPSA) is 64.5 Å². The lowest BCUT2D eigenvalue weighted by molar-refractivity contribution is 1.07. The van der Waals surface area contributed by atoms with Crippen molar-refractivity contribution in [2.75, 3.05) is 0 Å². The molecule has 0 spiro atoms. The summed E-state index contributed by atoms with van der Waals surface area (Å²) in [7, 11) is 0. The molecule has 0 bridgehead atoms. The number of rotatable bonds is 9. The highest BCUT2D eigenvalue weighted by molar-refractivity contribution is 5.81. The Labute approximate surface area is 307 Å². The molecule has 0 aliphatic carbocycles. The van der Waals surface area contributed by atoms with Crippen LogP contribution < -0.4 is 0 Å². The summed E-state index contributed by atoms with van der Waals surface area (Å²) in [5, 5.41) is 0. The van der Waals surface area contributed by atoms with Gasteiger partial charge in [0.25, 0.3) is 0 Å². The second-order valence-electron chi connectivity index (χ2n) is 12.1. The second-order valence-corrected chi connectivity index (χ2v) is 12.1. The van der Waals surface area contributed by atoms with Crippen molar-refractivity contribution in [1.82, 2.24) is 24.9 Å². The predicted molar refractivity (Wildman–Crippen MR) is 217 cm³/mol. The van der Waals surface area contributed by atoms with Gasteiger partial charge in [-0.15, -0.1) is 0 Å². The number of benzene rings is 4. The molecule has 3 aromatic heterocycles. The Morgan fingerprint density at radius 2 is 1.08 bits per heavy atom. The minimum absolute atomic E-state index is 0.599. The van der Waals surface area contributed by atoms with E-state index in [-0.39, 0.29) is 0 Å². The fraction of sp³-hybridized carbons (Fsp3) is 0.128. The zero-order valence-corrected chi connectivity index (χ0v) is 30.5. The summed E-state index contributed by atoms with van der Waals surface area (Å²) in [6, 6.07) is 45.4. The molecule has 256 valence electrons. The smallest absolute Gasteiger partial charge is 0.164 e. The van der Waals surface area contributed by atoms with Gasteiger partial charge >= 0.3 is 0 Å². The normalized spacial score (nSPS) is 11.3. The third kappa shape index (κ3) is 8.34. The average molecular weight is 678 g/mol. The first-order valence-corrected chi connectivity index (χ1v) is 17.9. The van der Waals surface area contributed by atoms with Crippen LogP contribution in [0, 0.1) is 6.92 Å². The van der Waals surface area contributed by atoms with Gasteiger partial charge in [0.15, 0.2) is 17.5 Å². The van der Waals surface area contributed by atoms with Crippen LogP contribution in [0.15, 0.2) is 158 Å². The van der Waals surface area contributed by atoms with Crippen LogP contribution in [0.1, 0.15) is 45.4 Å². The number of hydrogen-bond acceptors (Lipinski definition) is 5. The minimum atomic E-state index is 0.599. The summed E-state index contributed by atoms with van der Waals surface area (Å²) in [5.74, 6) is 1.85. The molecule has 5 heteroatoms. The molecule has 5 nitrogen and oxygen atoms in total. The number of hydrogen-bond donors (Lipinski definition) is 0. The Morgan fingerprint density at radius 1 is 0.519 bits per heavy atom. The van der Waals surface area contributed by atoms with Crippen LogP contribution in [0.4, 0.5) is 0 Å². The molecule has 7 aromatic rings. The van der Waals surface area contributed by atoms with E-state index >= 15 is 0 Å². The number of pyridine rings is 2. The van der Waals surface area contributed by atoms with E-state index in [2.05, 4.69) is 91.7 Å². The highest BCUT2D eigenvalue weighted by atomic mass is 15.0. The van der Waals surface area contributed by atoms with Gasteiger partial charge in [-0.05, 0) is 85.0 Å². The Kier molecular flexibility index (Phi) is 11.6. The molecule has 0 amide bonds. The zero-order valence-electron chi connectivity index (χ0n) is 30.5. The third-order valence-electron chi connectivity index (χ3n) is 8.40. The van der Waals surface area contributed by atoms with Crippen LogP contribution in [0.5, 0.6) is 0 Å². The summed E-state index contributed by atoms with van der Waals surface area (Å²) < 4.78 is 0. The number of aromatic nitrogens is 5. The minimum Gasteiger partial charge on any atom is -0.256 e. The molecule has 0 saturated heterocycles. The monoisotopic (exact) mass is 677 g/mol. The molecule has 0 atom stereocenters. The summed E-state index contributed by atoms with van der Waals surface area (Å²) in [6.07, 6.45) is 9.18. The van der Waals surface area contributed by atoms with E-state index < -0.39 is 0 Å². The molecule has 0 N–H and O–H groups in total. The lowest BCUT2D eigenvalue weighted by Gasteiger charge is -2.13. The van der Waals surface area contributed by atoms with Gasteiger partial charge in [0, 0.05) is 34.0 Å². The van der Waals surface area contributed by atoms with Crippen molar-refractivity contribution >= 4 is 5.57 Å². The van der Waals surface area contributed by atoms with E-state index in [0.717, 1.165) is 68.0 Å². The fourth-order valence-corrected chi connectivity index (χ4v) is 6.00. The van der Waals surface area contributed by atoms with Crippen LogP contribution in [-0.4, -0.2) is 24.9 Å². The molecule has 52 heavy (non-hydrogen) atoms. The van der Waals surface area contributed by atoms with E-state index in [1.54, 1.807) is 0 Å². The van der Waals surface area contributed by atoms with Gasteiger partial charge in [0.1, 0.15) is 0 Å². The van der Waals surface area contributed by atoms with E-state index in [1.165, 1.54) is 5.56 Å². The van der Waals surface area contributed by atoms with Crippen molar-refractivity contribution in [3.63, 3.8) is 0 Å². The molecule has 0 aliphatic heterocycles. The van der Waals surface area contributed by atoms with E-state index in [9.17, 15) is 0 Å². The number of allylic oxidation sites excluding steroid dienone is 4. The van der Waals surface area contributed by atoms with Gasteiger partial charge in [-0.1, -0.05) is 130 Å². The van der Waals surface area contributed by atoms with Crippen molar-refractivity contribution in [3.8, 4) is 67.8 Å². The third-order valence-corrected chi connectivity index (χ3v) is 8.40. The van der Waals surface area contributed by atoms with Gasteiger partial charge in [0.05, 0.1) is 17.1 Å². The Balaban J connectivity index is 0.00000228. The maximum Gasteiger partial charge on any atom is 0.164 e. The van der Waals surface area contributed by atoms with Gasteiger partial charge in [-0.25, -0.2) is 19.9 Å². The van der Waals surface area contributed by atoms with Crippen molar-refractivity contribution in [2.45, 2.75) is 41.0 Å². The molecule has 3 heterocycles. The van der Waals surface area contributed by atoms with E-state index in [1.807, 2.05) is 106 Å². The number of nitrogens with zero attached hydrogens (tertiary/aromatic N) is 5. The Bertz CT molecular complexity index is 2240. The maximum atomic E-state index is 5.07. The van der Waals surface area contributed by atoms with Crippen molar-refractivity contribution in [1.29, 1.82) is 0 Å². The average Bonchev–Trinajstić information content (AvgIpc) is 3.22. The molecule has 0 fully saturated rings. The van der Waals surface area contributed by atoms with Gasteiger partial charge in [-0.2, -0.15) is 0 Å². The molecule has 0 saturated carbocycles. The highest BCUT2D eigenvalue weighted by Crippen LogP contribution is 2.34. The van der Waals surface area contributed by atoms with Crippen LogP contribution in [0.25, 0.3) is 73.4 Å². The molecular weight excluding hydrogens is 635 g/mol. The summed E-state index contributed by atoms with van der Waals surface area (Å²) >= 11 is 0. The van der Waals surface area contributed by atoms with Crippen molar-refractivity contribution in [3.05, 3.63) is 169 Å². The summed E-state index contributed by atoms with van der Waals surface area (Å²) in [5.41, 5.74) is 12.0. The quantitative estimate of drug-likeness (QED) is 0.142. The van der Waals surface area contributed by atoms with Crippen LogP contribution in [0.2, 0.25) is 0 Å². The van der Waals surface area contributed by atoms with Crippen LogP contribution >= 0.6 is 0 Å². The lowest BCUT2D eigenvalue weighted by atomic mass is 9.96. The van der Waals surface area contributed by atoms with Gasteiger partial charge in [0.2, 0.25) is 0 Å². The molecule has 0 unspecified atom stereocenters. The molecule has 4 aromatic carbocycles. The van der Waals surface area contributed by atoms with Gasteiger partial charge < -0.3 is 0 Å². The molecule has 0 radical (unpaired) electrons. The predicted octanol–water partition coefficient (Wildman–Crippen LogP) is 12.4. The fourth-order valence-electron chi connectivity index (χ4n) is 6.00. The maximum absolute atomic E-state index is 5.07. The molecular formula is C47H43N5. The van der Waals surface area contributed by atoms with Crippen LogP contribution in [-0.2, 0) is 0 Å². The second kappa shape index (κ2) is 17.1. The molecule has 7 rings (SSSR count). The first-order valence-electron chi connectivity index (χ1n) is 17.9. The summed E-state index contributed by atoms with van der Waals surface area (Å²) in [4.78, 5) is 24.7. The van der Waals surface area contributed by atoms with Crippen molar-refractivity contribution in [2.24, 2.45) is 0 Å². The standard InChI is InChI=1S/C45H37N5.C2H6/c1-4-14-33(15-5-2)41-26-31(3)27-42(47-41)34-23-21-32(22-24-34)37-28-38(40-20-12-13-25-46-40)30-39(29-37)45-49-43(35-16-8-6-9-17-35)48-44(50-45)36-18-10-7-11-19-36;1-2/h4,6-30H,5H2,1-3H3;1-2H3/b14-4-,33-15+;. The van der Waals surface area contributed by atoms with E-state index in [0.29, 0.717) is 17.5 Å². The first-order chi connectivity index (χ1) is 25.6. The zero-order chi connectivity index (χ0) is 36.3. The highest BCUT2D eigenvalue weighted by Gasteiger charge is 2.15. The summed E-state index contributed by atoms with van der Waals surface area (Å²) in [6.45, 7) is 10.3. The van der Waals surface area contributed by atoms with Crippen LogP contribution in [0.3, 0.4) is 0 Å².